The first-order chi connectivity index (χ1) is 14.2. The Labute approximate surface area is 168 Å². The number of aromatic nitrogens is 4. The zero-order valence-electron chi connectivity index (χ0n) is 16.4. The Kier molecular flexibility index (Phi) is 4.63. The Balaban J connectivity index is 1.39. The van der Waals surface area contributed by atoms with Crippen LogP contribution in [-0.2, 0) is 36.0 Å². The first-order valence-electron chi connectivity index (χ1n) is 10.0. The predicted octanol–water partition coefficient (Wildman–Crippen LogP) is 2.12. The second-order valence-corrected chi connectivity index (χ2v) is 7.59. The standard InChI is InChI=1S/C21H23N5O3/c1-25-16-9-10-26(21(27)17-8-5-11-28-17)13-15(16)19(23-25)20-22-18(24-29-20)12-14-6-3-2-4-7-14/h2-4,6-7,17H,5,8-13H2,1H3. The molecule has 8 heteroatoms. The fourth-order valence-electron chi connectivity index (χ4n) is 4.13. The molecule has 29 heavy (non-hydrogen) atoms. The minimum absolute atomic E-state index is 0.0678. The van der Waals surface area contributed by atoms with Crippen molar-refractivity contribution in [3.63, 3.8) is 0 Å². The van der Waals surface area contributed by atoms with Crippen LogP contribution in [0.15, 0.2) is 34.9 Å². The van der Waals surface area contributed by atoms with E-state index >= 15 is 0 Å². The summed E-state index contributed by atoms with van der Waals surface area (Å²) in [5, 5.41) is 8.75. The number of aryl methyl sites for hydroxylation is 1. The molecule has 1 aromatic carbocycles. The van der Waals surface area contributed by atoms with Gasteiger partial charge in [0.1, 0.15) is 6.10 Å². The van der Waals surface area contributed by atoms with Crippen molar-refractivity contribution < 1.29 is 14.1 Å². The number of ether oxygens (including phenoxy) is 1. The molecule has 0 N–H and O–H groups in total. The topological polar surface area (TPSA) is 86.3 Å². The van der Waals surface area contributed by atoms with E-state index in [4.69, 9.17) is 9.26 Å². The van der Waals surface area contributed by atoms with Crippen molar-refractivity contribution in [2.75, 3.05) is 13.2 Å². The molecule has 1 fully saturated rings. The van der Waals surface area contributed by atoms with Crippen molar-refractivity contribution in [2.24, 2.45) is 7.05 Å². The maximum atomic E-state index is 12.8. The summed E-state index contributed by atoms with van der Waals surface area (Å²) in [6, 6.07) is 10.0. The Hall–Kier alpha value is -3.00. The molecule has 0 saturated carbocycles. The third kappa shape index (κ3) is 3.44. The molecule has 0 radical (unpaired) electrons. The van der Waals surface area contributed by atoms with Crippen LogP contribution in [0.4, 0.5) is 0 Å². The molecule has 2 aliphatic rings. The number of hydrogen-bond donors (Lipinski definition) is 0. The lowest BCUT2D eigenvalue weighted by Crippen LogP contribution is -2.42. The molecule has 4 heterocycles. The highest BCUT2D eigenvalue weighted by atomic mass is 16.5. The van der Waals surface area contributed by atoms with Crippen LogP contribution in [-0.4, -0.2) is 50.0 Å². The molecule has 2 aromatic heterocycles. The van der Waals surface area contributed by atoms with Gasteiger partial charge in [-0.2, -0.15) is 10.1 Å². The Morgan fingerprint density at radius 1 is 1.28 bits per heavy atom. The van der Waals surface area contributed by atoms with E-state index in [1.54, 1.807) is 0 Å². The van der Waals surface area contributed by atoms with Crippen LogP contribution < -0.4 is 0 Å². The average molecular weight is 393 g/mol. The molecule has 3 aromatic rings. The van der Waals surface area contributed by atoms with Crippen molar-refractivity contribution >= 4 is 5.91 Å². The molecule has 1 atom stereocenters. The van der Waals surface area contributed by atoms with Crippen LogP contribution in [0.1, 0.15) is 35.5 Å². The molecule has 0 bridgehead atoms. The fraction of sp³-hybridized carbons (Fsp3) is 0.429. The zero-order valence-corrected chi connectivity index (χ0v) is 16.4. The minimum Gasteiger partial charge on any atom is -0.368 e. The van der Waals surface area contributed by atoms with Crippen molar-refractivity contribution in [3.8, 4) is 11.6 Å². The number of fused-ring (bicyclic) bond motifs is 1. The molecule has 1 unspecified atom stereocenters. The molecule has 8 nitrogen and oxygen atoms in total. The van der Waals surface area contributed by atoms with Gasteiger partial charge in [0.25, 0.3) is 11.8 Å². The molecule has 2 aliphatic heterocycles. The number of benzene rings is 1. The summed E-state index contributed by atoms with van der Waals surface area (Å²) < 4.78 is 13.0. The number of carbonyl (C=O) groups excluding carboxylic acids is 1. The van der Waals surface area contributed by atoms with Crippen LogP contribution in [0.5, 0.6) is 0 Å². The fourth-order valence-corrected chi connectivity index (χ4v) is 4.13. The Morgan fingerprint density at radius 3 is 2.93 bits per heavy atom. The first-order valence-corrected chi connectivity index (χ1v) is 10.0. The molecule has 0 spiro atoms. The van der Waals surface area contributed by atoms with Crippen LogP contribution in [0, 0.1) is 0 Å². The lowest BCUT2D eigenvalue weighted by atomic mass is 10.0. The van der Waals surface area contributed by atoms with E-state index in [0.717, 1.165) is 36.1 Å². The molecule has 0 aliphatic carbocycles. The second kappa shape index (κ2) is 7.44. The van der Waals surface area contributed by atoms with Gasteiger partial charge in [0.05, 0.1) is 0 Å². The molecule has 150 valence electrons. The number of nitrogens with zero attached hydrogens (tertiary/aromatic N) is 5. The van der Waals surface area contributed by atoms with E-state index in [1.807, 2.05) is 47.0 Å². The molecular weight excluding hydrogens is 370 g/mol. The van der Waals surface area contributed by atoms with Gasteiger partial charge in [-0.1, -0.05) is 35.5 Å². The third-order valence-corrected chi connectivity index (χ3v) is 5.63. The van der Waals surface area contributed by atoms with Gasteiger partial charge in [-0.3, -0.25) is 9.48 Å². The Bertz CT molecular complexity index is 1020. The quantitative estimate of drug-likeness (QED) is 0.675. The van der Waals surface area contributed by atoms with Gasteiger partial charge >= 0.3 is 0 Å². The highest BCUT2D eigenvalue weighted by Gasteiger charge is 2.33. The van der Waals surface area contributed by atoms with Crippen LogP contribution >= 0.6 is 0 Å². The van der Waals surface area contributed by atoms with E-state index in [-0.39, 0.29) is 12.0 Å². The Morgan fingerprint density at radius 2 is 2.14 bits per heavy atom. The lowest BCUT2D eigenvalue weighted by molar-refractivity contribution is -0.141. The number of amides is 1. The van der Waals surface area contributed by atoms with Gasteiger partial charge in [-0.25, -0.2) is 0 Å². The summed E-state index contributed by atoms with van der Waals surface area (Å²) in [4.78, 5) is 19.2. The van der Waals surface area contributed by atoms with E-state index in [1.165, 1.54) is 0 Å². The summed E-state index contributed by atoms with van der Waals surface area (Å²) in [5.74, 6) is 1.09. The predicted molar refractivity (Wildman–Crippen MR) is 104 cm³/mol. The highest BCUT2D eigenvalue weighted by Crippen LogP contribution is 2.30. The molecule has 5 rings (SSSR count). The zero-order chi connectivity index (χ0) is 19.8. The van der Waals surface area contributed by atoms with Gasteiger partial charge in [0.15, 0.2) is 11.5 Å². The van der Waals surface area contributed by atoms with E-state index in [0.29, 0.717) is 43.5 Å². The van der Waals surface area contributed by atoms with Crippen molar-refractivity contribution in [3.05, 3.63) is 53.0 Å². The molecule has 1 saturated heterocycles. The average Bonchev–Trinajstić information content (AvgIpc) is 3.49. The highest BCUT2D eigenvalue weighted by molar-refractivity contribution is 5.81. The van der Waals surface area contributed by atoms with E-state index in [9.17, 15) is 4.79 Å². The summed E-state index contributed by atoms with van der Waals surface area (Å²) in [6.45, 7) is 1.83. The maximum absolute atomic E-state index is 12.8. The van der Waals surface area contributed by atoms with Crippen LogP contribution in [0.3, 0.4) is 0 Å². The van der Waals surface area contributed by atoms with E-state index in [2.05, 4.69) is 15.2 Å². The van der Waals surface area contributed by atoms with Gasteiger partial charge < -0.3 is 14.2 Å². The summed E-state index contributed by atoms with van der Waals surface area (Å²) in [6.07, 6.45) is 2.79. The normalized spacial score (nSPS) is 18.8. The number of rotatable bonds is 4. The van der Waals surface area contributed by atoms with Crippen LogP contribution in [0.2, 0.25) is 0 Å². The first kappa shape index (κ1) is 18.1. The third-order valence-electron chi connectivity index (χ3n) is 5.63. The maximum Gasteiger partial charge on any atom is 0.278 e. The molecular formula is C21H23N5O3. The SMILES string of the molecule is Cn1nc(-c2nc(Cc3ccccc3)no2)c2c1CCN(C(=O)C1CCCO1)C2. The van der Waals surface area contributed by atoms with Crippen molar-refractivity contribution in [1.82, 2.24) is 24.8 Å². The van der Waals surface area contributed by atoms with Gasteiger partial charge in [-0.15, -0.1) is 0 Å². The number of hydrogen-bond acceptors (Lipinski definition) is 6. The van der Waals surface area contributed by atoms with E-state index < -0.39 is 0 Å². The van der Waals surface area contributed by atoms with Crippen molar-refractivity contribution in [2.45, 2.75) is 38.3 Å². The lowest BCUT2D eigenvalue weighted by Gasteiger charge is -2.29. The summed E-state index contributed by atoms with van der Waals surface area (Å²) in [7, 11) is 1.92. The monoisotopic (exact) mass is 393 g/mol. The second-order valence-electron chi connectivity index (χ2n) is 7.59. The summed E-state index contributed by atoms with van der Waals surface area (Å²) >= 11 is 0. The van der Waals surface area contributed by atoms with Gasteiger partial charge in [-0.05, 0) is 18.4 Å². The van der Waals surface area contributed by atoms with Gasteiger partial charge in [0.2, 0.25) is 0 Å². The molecule has 1 amide bonds. The largest absolute Gasteiger partial charge is 0.368 e. The number of carbonyl (C=O) groups is 1. The summed E-state index contributed by atoms with van der Waals surface area (Å²) in [5.41, 5.74) is 3.88. The van der Waals surface area contributed by atoms with Gasteiger partial charge in [0, 0.05) is 50.8 Å². The van der Waals surface area contributed by atoms with Crippen molar-refractivity contribution in [1.29, 1.82) is 0 Å². The van der Waals surface area contributed by atoms with Crippen LogP contribution in [0.25, 0.3) is 11.6 Å². The smallest absolute Gasteiger partial charge is 0.278 e. The minimum atomic E-state index is -0.308.